The van der Waals surface area contributed by atoms with Crippen molar-refractivity contribution in [3.8, 4) is 0 Å². The van der Waals surface area contributed by atoms with E-state index in [1.54, 1.807) is 13.1 Å². The highest BCUT2D eigenvalue weighted by Crippen LogP contribution is 2.29. The minimum atomic E-state index is -0.586. The maximum atomic E-state index is 12.8. The van der Waals surface area contributed by atoms with Gasteiger partial charge in [-0.2, -0.15) is 0 Å². The monoisotopic (exact) mass is 404 g/mol. The van der Waals surface area contributed by atoms with Crippen molar-refractivity contribution in [2.45, 2.75) is 51.0 Å². The van der Waals surface area contributed by atoms with E-state index in [1.165, 1.54) is 21.8 Å². The Balaban J connectivity index is 1.60. The molecule has 2 fully saturated rings. The van der Waals surface area contributed by atoms with Gasteiger partial charge in [0.2, 0.25) is 5.91 Å². The molecule has 0 spiro atoms. The highest BCUT2D eigenvalue weighted by Gasteiger charge is 2.31. The molecule has 0 aromatic carbocycles. The van der Waals surface area contributed by atoms with Crippen LogP contribution in [0.3, 0.4) is 0 Å². The Bertz CT molecular complexity index is 1010. The molecule has 0 atom stereocenters. The fourth-order valence-corrected chi connectivity index (χ4v) is 4.75. The van der Waals surface area contributed by atoms with Crippen LogP contribution in [0, 0.1) is 5.92 Å². The second-order valence-corrected chi connectivity index (χ2v) is 8.36. The van der Waals surface area contributed by atoms with Crippen LogP contribution < -0.4 is 11.1 Å². The third-order valence-corrected chi connectivity index (χ3v) is 6.41. The lowest BCUT2D eigenvalue weighted by Crippen LogP contribution is -2.47. The largest absolute Gasteiger partial charge is 0.342 e. The van der Waals surface area contributed by atoms with Gasteiger partial charge in [0.25, 0.3) is 0 Å². The molecule has 1 amide bonds. The summed E-state index contributed by atoms with van der Waals surface area (Å²) in [6, 6.07) is 1.51. The number of carbonyl (C=O) groups is 1. The van der Waals surface area contributed by atoms with Gasteiger partial charge in [0.05, 0.1) is 10.5 Å². The number of likely N-dealkylation sites (tertiary alicyclic amines) is 1. The fraction of sp³-hybridized carbons (Fsp3) is 0.600. The smallest absolute Gasteiger partial charge is 0.318 e. The molecule has 0 radical (unpaired) electrons. The van der Waals surface area contributed by atoms with Gasteiger partial charge >= 0.3 is 11.1 Å². The zero-order valence-electron chi connectivity index (χ0n) is 16.1. The van der Waals surface area contributed by atoms with Gasteiger partial charge in [0.15, 0.2) is 5.65 Å². The topological polar surface area (TPSA) is 77.2 Å². The van der Waals surface area contributed by atoms with Gasteiger partial charge in [0, 0.05) is 38.3 Å². The van der Waals surface area contributed by atoms with Crippen molar-refractivity contribution in [2.24, 2.45) is 13.0 Å². The van der Waals surface area contributed by atoms with E-state index in [0.717, 1.165) is 25.7 Å². The van der Waals surface area contributed by atoms with Crippen molar-refractivity contribution in [1.29, 1.82) is 0 Å². The average molecular weight is 405 g/mol. The molecular weight excluding hydrogens is 380 g/mol. The first-order valence-electron chi connectivity index (χ1n) is 10.0. The average Bonchev–Trinajstić information content (AvgIpc) is 2.73. The van der Waals surface area contributed by atoms with E-state index in [9.17, 15) is 14.4 Å². The van der Waals surface area contributed by atoms with Gasteiger partial charge < -0.3 is 9.47 Å². The summed E-state index contributed by atoms with van der Waals surface area (Å²) in [5.41, 5.74) is -0.148. The molecule has 4 rings (SSSR count). The van der Waals surface area contributed by atoms with E-state index in [-0.39, 0.29) is 17.9 Å². The minimum absolute atomic E-state index is 0.145. The van der Waals surface area contributed by atoms with Crippen molar-refractivity contribution in [1.82, 2.24) is 19.0 Å². The number of nitrogens with zero attached hydrogens (tertiary/aromatic N) is 4. The highest BCUT2D eigenvalue weighted by molar-refractivity contribution is 6.31. The van der Waals surface area contributed by atoms with Crippen molar-refractivity contribution in [3.05, 3.63) is 38.0 Å². The van der Waals surface area contributed by atoms with E-state index in [0.29, 0.717) is 42.1 Å². The summed E-state index contributed by atoms with van der Waals surface area (Å²) in [5.74, 6) is 0.408. The molecule has 2 aliphatic rings. The predicted octanol–water partition coefficient (Wildman–Crippen LogP) is 2.49. The number of amides is 1. The quantitative estimate of drug-likeness (QED) is 0.720. The molecule has 28 heavy (non-hydrogen) atoms. The Kier molecular flexibility index (Phi) is 5.27. The molecular formula is C20H25ClN4O3. The van der Waals surface area contributed by atoms with Crippen LogP contribution in [-0.4, -0.2) is 38.0 Å². The summed E-state index contributed by atoms with van der Waals surface area (Å²) in [4.78, 5) is 44.2. The SMILES string of the molecule is Cn1c(=O)c(=O)n(C2CCN(C(=O)C3CCCCC3)CC2)c2ncc(Cl)cc21. The van der Waals surface area contributed by atoms with E-state index < -0.39 is 11.1 Å². The predicted molar refractivity (Wildman–Crippen MR) is 108 cm³/mol. The van der Waals surface area contributed by atoms with Gasteiger partial charge in [-0.1, -0.05) is 30.9 Å². The number of hydrogen-bond donors (Lipinski definition) is 0. The maximum absolute atomic E-state index is 12.8. The summed E-state index contributed by atoms with van der Waals surface area (Å²) in [5, 5.41) is 0.417. The van der Waals surface area contributed by atoms with E-state index in [1.807, 2.05) is 4.90 Å². The summed E-state index contributed by atoms with van der Waals surface area (Å²) >= 11 is 6.04. The fourth-order valence-electron chi connectivity index (χ4n) is 4.60. The third-order valence-electron chi connectivity index (χ3n) is 6.21. The minimum Gasteiger partial charge on any atom is -0.342 e. The van der Waals surface area contributed by atoms with Crippen LogP contribution >= 0.6 is 11.6 Å². The lowest BCUT2D eigenvalue weighted by atomic mass is 9.87. The van der Waals surface area contributed by atoms with Crippen LogP contribution in [0.5, 0.6) is 0 Å². The van der Waals surface area contributed by atoms with E-state index in [4.69, 9.17) is 11.6 Å². The van der Waals surface area contributed by atoms with Crippen molar-refractivity contribution in [3.63, 3.8) is 0 Å². The van der Waals surface area contributed by atoms with Crippen LogP contribution in [0.2, 0.25) is 5.02 Å². The van der Waals surface area contributed by atoms with Gasteiger partial charge in [-0.15, -0.1) is 0 Å². The molecule has 1 saturated heterocycles. The first-order valence-corrected chi connectivity index (χ1v) is 10.4. The lowest BCUT2D eigenvalue weighted by molar-refractivity contribution is -0.137. The van der Waals surface area contributed by atoms with Gasteiger partial charge in [-0.05, 0) is 31.7 Å². The zero-order valence-corrected chi connectivity index (χ0v) is 16.8. The van der Waals surface area contributed by atoms with Crippen LogP contribution in [-0.2, 0) is 11.8 Å². The summed E-state index contributed by atoms with van der Waals surface area (Å²) in [6.07, 6.45) is 8.25. The van der Waals surface area contributed by atoms with Crippen LogP contribution in [0.1, 0.15) is 51.0 Å². The molecule has 3 heterocycles. The van der Waals surface area contributed by atoms with Gasteiger partial charge in [-0.3, -0.25) is 19.0 Å². The molecule has 1 saturated carbocycles. The molecule has 8 heteroatoms. The number of halogens is 1. The van der Waals surface area contributed by atoms with Crippen molar-refractivity contribution in [2.75, 3.05) is 13.1 Å². The van der Waals surface area contributed by atoms with Crippen LogP contribution in [0.25, 0.3) is 11.2 Å². The number of rotatable bonds is 2. The molecule has 0 bridgehead atoms. The van der Waals surface area contributed by atoms with E-state index in [2.05, 4.69) is 4.98 Å². The number of hydrogen-bond acceptors (Lipinski definition) is 4. The van der Waals surface area contributed by atoms with Crippen molar-refractivity contribution < 1.29 is 4.79 Å². The summed E-state index contributed by atoms with van der Waals surface area (Å²) < 4.78 is 2.81. The molecule has 0 N–H and O–H groups in total. The third kappa shape index (κ3) is 3.36. The van der Waals surface area contributed by atoms with E-state index >= 15 is 0 Å². The highest BCUT2D eigenvalue weighted by atomic mass is 35.5. The van der Waals surface area contributed by atoms with Crippen LogP contribution in [0.15, 0.2) is 21.9 Å². The molecule has 1 aliphatic heterocycles. The first kappa shape index (κ1) is 19.2. The Morgan fingerprint density at radius 2 is 1.75 bits per heavy atom. The Morgan fingerprint density at radius 1 is 1.07 bits per heavy atom. The van der Waals surface area contributed by atoms with Crippen LogP contribution in [0.4, 0.5) is 0 Å². The molecule has 0 unspecified atom stereocenters. The van der Waals surface area contributed by atoms with Gasteiger partial charge in [-0.25, -0.2) is 4.98 Å². The summed E-state index contributed by atoms with van der Waals surface area (Å²) in [6.45, 7) is 1.22. The number of fused-ring (bicyclic) bond motifs is 1. The number of piperidine rings is 1. The first-order chi connectivity index (χ1) is 13.5. The molecule has 2 aromatic heterocycles. The Hall–Kier alpha value is -2.15. The molecule has 7 nitrogen and oxygen atoms in total. The maximum Gasteiger partial charge on any atom is 0.318 e. The Morgan fingerprint density at radius 3 is 2.43 bits per heavy atom. The Labute approximate surface area is 167 Å². The normalized spacial score (nSPS) is 19.3. The number of aryl methyl sites for hydroxylation is 1. The van der Waals surface area contributed by atoms with Crippen molar-refractivity contribution >= 4 is 28.7 Å². The standard InChI is InChI=1S/C20H25ClN4O3/c1-23-16-11-14(21)12-22-17(16)25(20(28)19(23)27)15-7-9-24(10-8-15)18(26)13-5-3-2-4-6-13/h11-13,15H,2-10H2,1H3. The van der Waals surface area contributed by atoms with Gasteiger partial charge in [0.1, 0.15) is 0 Å². The second-order valence-electron chi connectivity index (χ2n) is 7.93. The second kappa shape index (κ2) is 7.70. The molecule has 150 valence electrons. The number of aromatic nitrogens is 3. The lowest BCUT2D eigenvalue weighted by Gasteiger charge is -2.36. The molecule has 1 aliphatic carbocycles. The number of carbonyl (C=O) groups excluding carboxylic acids is 1. The zero-order chi connectivity index (χ0) is 19.8. The molecule has 2 aromatic rings. The number of pyridine rings is 1. The summed E-state index contributed by atoms with van der Waals surface area (Å²) in [7, 11) is 1.56.